The summed E-state index contributed by atoms with van der Waals surface area (Å²) in [4.78, 5) is 15.5. The van der Waals surface area contributed by atoms with Crippen molar-refractivity contribution in [1.82, 2.24) is 4.98 Å². The van der Waals surface area contributed by atoms with Crippen molar-refractivity contribution >= 4 is 11.7 Å². The third kappa shape index (κ3) is 4.09. The van der Waals surface area contributed by atoms with Gasteiger partial charge in [0.15, 0.2) is 0 Å². The van der Waals surface area contributed by atoms with Crippen molar-refractivity contribution in [3.8, 4) is 0 Å². The highest BCUT2D eigenvalue weighted by atomic mass is 19.1. The molecule has 0 radical (unpaired) electrons. The molecule has 0 bridgehead atoms. The summed E-state index contributed by atoms with van der Waals surface area (Å²) in [6, 6.07) is 2.78. The first kappa shape index (κ1) is 13.0. The van der Waals surface area contributed by atoms with Crippen molar-refractivity contribution in [1.29, 1.82) is 0 Å². The van der Waals surface area contributed by atoms with Crippen LogP contribution in [-0.2, 0) is 4.79 Å². The number of pyridine rings is 1. The van der Waals surface area contributed by atoms with Crippen molar-refractivity contribution in [2.75, 3.05) is 5.32 Å². The molecule has 1 N–H and O–H groups in total. The predicted molar refractivity (Wildman–Crippen MR) is 68.6 cm³/mol. The Labute approximate surface area is 107 Å². The molecule has 0 unspecified atom stereocenters. The van der Waals surface area contributed by atoms with E-state index in [9.17, 15) is 9.18 Å². The average Bonchev–Trinajstić information content (AvgIpc) is 2.40. The topological polar surface area (TPSA) is 42.0 Å². The zero-order valence-corrected chi connectivity index (χ0v) is 10.5. The fourth-order valence-electron chi connectivity index (χ4n) is 2.47. The van der Waals surface area contributed by atoms with E-state index >= 15 is 0 Å². The van der Waals surface area contributed by atoms with Gasteiger partial charge in [0.1, 0.15) is 11.6 Å². The van der Waals surface area contributed by atoms with E-state index in [0.29, 0.717) is 18.2 Å². The summed E-state index contributed by atoms with van der Waals surface area (Å²) in [5, 5.41) is 2.69. The lowest BCUT2D eigenvalue weighted by Crippen LogP contribution is -2.15. The number of hydrogen-bond acceptors (Lipinski definition) is 2. The number of amides is 1. The van der Waals surface area contributed by atoms with Gasteiger partial charge in [-0.3, -0.25) is 4.79 Å². The zero-order valence-electron chi connectivity index (χ0n) is 10.5. The summed E-state index contributed by atoms with van der Waals surface area (Å²) in [5.74, 6) is 0.700. The largest absolute Gasteiger partial charge is 0.311 e. The fraction of sp³-hybridized carbons (Fsp3) is 0.571. The quantitative estimate of drug-likeness (QED) is 0.888. The van der Waals surface area contributed by atoms with Gasteiger partial charge in [-0.1, -0.05) is 32.1 Å². The minimum atomic E-state index is -0.393. The minimum Gasteiger partial charge on any atom is -0.311 e. The van der Waals surface area contributed by atoms with Crippen molar-refractivity contribution < 1.29 is 9.18 Å². The van der Waals surface area contributed by atoms with E-state index in [1.807, 2.05) is 0 Å². The van der Waals surface area contributed by atoms with E-state index in [1.54, 1.807) is 0 Å². The molecule has 4 heteroatoms. The first-order valence-corrected chi connectivity index (χ1v) is 6.65. The molecule has 0 spiro atoms. The molecule has 1 aromatic rings. The van der Waals surface area contributed by atoms with E-state index in [-0.39, 0.29) is 5.91 Å². The van der Waals surface area contributed by atoms with Crippen LogP contribution in [0, 0.1) is 11.7 Å². The lowest BCUT2D eigenvalue weighted by molar-refractivity contribution is -0.116. The molecular weight excluding hydrogens is 231 g/mol. The van der Waals surface area contributed by atoms with Crippen molar-refractivity contribution in [3.05, 3.63) is 24.1 Å². The summed E-state index contributed by atoms with van der Waals surface area (Å²) in [7, 11) is 0. The van der Waals surface area contributed by atoms with Crippen LogP contribution in [0.15, 0.2) is 18.3 Å². The van der Waals surface area contributed by atoms with Crippen LogP contribution in [0.25, 0.3) is 0 Å². The molecule has 0 saturated heterocycles. The molecule has 2 rings (SSSR count). The molecule has 3 nitrogen and oxygen atoms in total. The van der Waals surface area contributed by atoms with Gasteiger partial charge < -0.3 is 5.32 Å². The highest BCUT2D eigenvalue weighted by molar-refractivity contribution is 5.89. The highest BCUT2D eigenvalue weighted by Crippen LogP contribution is 2.27. The Kier molecular flexibility index (Phi) is 4.67. The van der Waals surface area contributed by atoms with Gasteiger partial charge in [-0.05, 0) is 24.5 Å². The second-order valence-corrected chi connectivity index (χ2v) is 4.95. The smallest absolute Gasteiger partial charge is 0.225 e. The number of hydrogen-bond donors (Lipinski definition) is 1. The standard InChI is InChI=1S/C14H19FN2O/c15-12-7-8-13(16-10-12)17-14(18)9-6-11-4-2-1-3-5-11/h7-8,10-11H,1-6,9H2,(H,16,17,18). The van der Waals surface area contributed by atoms with Crippen LogP contribution < -0.4 is 5.32 Å². The number of halogens is 1. The van der Waals surface area contributed by atoms with Gasteiger partial charge in [-0.2, -0.15) is 0 Å². The third-order valence-electron chi connectivity index (χ3n) is 3.50. The highest BCUT2D eigenvalue weighted by Gasteiger charge is 2.14. The van der Waals surface area contributed by atoms with E-state index in [2.05, 4.69) is 10.3 Å². The normalized spacial score (nSPS) is 16.5. The van der Waals surface area contributed by atoms with Crippen LogP contribution in [0.1, 0.15) is 44.9 Å². The van der Waals surface area contributed by atoms with Gasteiger partial charge in [0.05, 0.1) is 6.20 Å². The maximum absolute atomic E-state index is 12.6. The van der Waals surface area contributed by atoms with Crippen LogP contribution in [0.2, 0.25) is 0 Å². The van der Waals surface area contributed by atoms with Crippen LogP contribution >= 0.6 is 0 Å². The van der Waals surface area contributed by atoms with Crippen molar-refractivity contribution in [2.24, 2.45) is 5.92 Å². The minimum absolute atomic E-state index is 0.0281. The maximum Gasteiger partial charge on any atom is 0.225 e. The zero-order chi connectivity index (χ0) is 12.8. The number of carbonyl (C=O) groups excluding carboxylic acids is 1. The first-order chi connectivity index (χ1) is 8.74. The van der Waals surface area contributed by atoms with Gasteiger partial charge >= 0.3 is 0 Å². The van der Waals surface area contributed by atoms with E-state index in [4.69, 9.17) is 0 Å². The van der Waals surface area contributed by atoms with E-state index in [1.165, 1.54) is 44.2 Å². The van der Waals surface area contributed by atoms with Gasteiger partial charge in [-0.25, -0.2) is 9.37 Å². The molecule has 18 heavy (non-hydrogen) atoms. The number of rotatable bonds is 4. The molecule has 1 aliphatic rings. The SMILES string of the molecule is O=C(CCC1CCCCC1)Nc1ccc(F)cn1. The number of carbonyl (C=O) groups is 1. The van der Waals surface area contributed by atoms with Crippen LogP contribution in [0.3, 0.4) is 0 Å². The van der Waals surface area contributed by atoms with Crippen molar-refractivity contribution in [3.63, 3.8) is 0 Å². The van der Waals surface area contributed by atoms with Crippen LogP contribution in [0.5, 0.6) is 0 Å². The summed E-state index contributed by atoms with van der Waals surface area (Å²) in [5.41, 5.74) is 0. The summed E-state index contributed by atoms with van der Waals surface area (Å²) in [6.45, 7) is 0. The number of nitrogens with one attached hydrogen (secondary N) is 1. The maximum atomic E-state index is 12.6. The van der Waals surface area contributed by atoms with Gasteiger partial charge in [0, 0.05) is 6.42 Å². The average molecular weight is 250 g/mol. The molecule has 1 fully saturated rings. The van der Waals surface area contributed by atoms with Crippen molar-refractivity contribution in [2.45, 2.75) is 44.9 Å². The molecule has 1 aliphatic carbocycles. The third-order valence-corrected chi connectivity index (χ3v) is 3.50. The molecule has 1 heterocycles. The Morgan fingerprint density at radius 3 is 2.78 bits per heavy atom. The number of nitrogens with zero attached hydrogens (tertiary/aromatic N) is 1. The molecular formula is C14H19FN2O. The predicted octanol–water partition coefficient (Wildman–Crippen LogP) is 3.52. The Bertz CT molecular complexity index is 385. The van der Waals surface area contributed by atoms with Gasteiger partial charge in [0.25, 0.3) is 0 Å². The lowest BCUT2D eigenvalue weighted by Gasteiger charge is -2.20. The van der Waals surface area contributed by atoms with Gasteiger partial charge in [0.2, 0.25) is 5.91 Å². The summed E-state index contributed by atoms with van der Waals surface area (Å²) >= 11 is 0. The Hall–Kier alpha value is -1.45. The lowest BCUT2D eigenvalue weighted by atomic mass is 9.86. The molecule has 0 aromatic carbocycles. The summed E-state index contributed by atoms with van der Waals surface area (Å²) in [6.07, 6.45) is 9.03. The Balaban J connectivity index is 1.73. The second kappa shape index (κ2) is 6.47. The van der Waals surface area contributed by atoms with E-state index < -0.39 is 5.82 Å². The van der Waals surface area contributed by atoms with Crippen LogP contribution in [0.4, 0.5) is 10.2 Å². The molecule has 0 atom stereocenters. The Morgan fingerprint density at radius 2 is 2.11 bits per heavy atom. The van der Waals surface area contributed by atoms with E-state index in [0.717, 1.165) is 12.6 Å². The molecule has 1 aromatic heterocycles. The number of aromatic nitrogens is 1. The second-order valence-electron chi connectivity index (χ2n) is 4.95. The molecule has 0 aliphatic heterocycles. The monoisotopic (exact) mass is 250 g/mol. The fourth-order valence-corrected chi connectivity index (χ4v) is 2.47. The van der Waals surface area contributed by atoms with Gasteiger partial charge in [-0.15, -0.1) is 0 Å². The number of anilines is 1. The summed E-state index contributed by atoms with van der Waals surface area (Å²) < 4.78 is 12.6. The molecule has 1 saturated carbocycles. The molecule has 98 valence electrons. The molecule has 1 amide bonds. The Morgan fingerprint density at radius 1 is 1.33 bits per heavy atom. The van der Waals surface area contributed by atoms with Crippen LogP contribution in [-0.4, -0.2) is 10.9 Å². The first-order valence-electron chi connectivity index (χ1n) is 6.65.